The number of aromatic nitrogens is 2. The van der Waals surface area contributed by atoms with Gasteiger partial charge in [-0.1, -0.05) is 30.3 Å². The van der Waals surface area contributed by atoms with Gasteiger partial charge in [0, 0.05) is 19.7 Å². The first-order chi connectivity index (χ1) is 13.6. The molecular formula is C22H28N2O5. The van der Waals surface area contributed by atoms with E-state index in [9.17, 15) is 4.79 Å². The second kappa shape index (κ2) is 7.32. The zero-order chi connectivity index (χ0) is 20.8. The van der Waals surface area contributed by atoms with Gasteiger partial charge in [-0.25, -0.2) is 4.98 Å². The number of Topliss-reactive ketones (excluding diaryl/α,β-unsaturated/α-hetero) is 1. The van der Waals surface area contributed by atoms with Crippen molar-refractivity contribution in [3.8, 4) is 0 Å². The third kappa shape index (κ3) is 4.28. The number of carbonyl (C=O) groups excluding carboxylic acids is 1. The van der Waals surface area contributed by atoms with Crippen LogP contribution < -0.4 is 0 Å². The van der Waals surface area contributed by atoms with Crippen LogP contribution in [-0.4, -0.2) is 45.7 Å². The topological polar surface area (TPSA) is 71.8 Å². The van der Waals surface area contributed by atoms with Crippen LogP contribution in [-0.2, 0) is 25.5 Å². The Morgan fingerprint density at radius 2 is 1.83 bits per heavy atom. The molecule has 3 heterocycles. The number of ketones is 1. The lowest BCUT2D eigenvalue weighted by atomic mass is 10.1. The van der Waals surface area contributed by atoms with Crippen molar-refractivity contribution in [2.75, 3.05) is 6.61 Å². The molecule has 0 spiro atoms. The van der Waals surface area contributed by atoms with Crippen LogP contribution >= 0.6 is 0 Å². The normalized spacial score (nSPS) is 28.0. The number of hydrogen-bond donors (Lipinski definition) is 0. The van der Waals surface area contributed by atoms with E-state index < -0.39 is 17.7 Å². The minimum absolute atomic E-state index is 0.0940. The molecule has 156 valence electrons. The molecule has 2 aliphatic heterocycles. The van der Waals surface area contributed by atoms with E-state index in [0.29, 0.717) is 24.7 Å². The number of ether oxygens (including phenoxy) is 4. The Labute approximate surface area is 170 Å². The number of hydrogen-bond acceptors (Lipinski definition) is 6. The van der Waals surface area contributed by atoms with Crippen molar-refractivity contribution in [2.24, 2.45) is 0 Å². The van der Waals surface area contributed by atoms with Crippen molar-refractivity contribution in [3.63, 3.8) is 0 Å². The lowest BCUT2D eigenvalue weighted by Crippen LogP contribution is -2.35. The van der Waals surface area contributed by atoms with Gasteiger partial charge in [-0.15, -0.1) is 0 Å². The van der Waals surface area contributed by atoms with Gasteiger partial charge >= 0.3 is 0 Å². The van der Waals surface area contributed by atoms with Crippen LogP contribution in [0.15, 0.2) is 36.5 Å². The molecule has 4 rings (SSSR count). The van der Waals surface area contributed by atoms with Gasteiger partial charge in [-0.3, -0.25) is 4.79 Å². The minimum Gasteiger partial charge on any atom is -0.348 e. The summed E-state index contributed by atoms with van der Waals surface area (Å²) in [6.45, 7) is 9.99. The van der Waals surface area contributed by atoms with Crippen molar-refractivity contribution < 1.29 is 23.7 Å². The van der Waals surface area contributed by atoms with Gasteiger partial charge in [0.05, 0.1) is 12.3 Å². The second-order valence-corrected chi connectivity index (χ2v) is 8.55. The molecule has 0 amide bonds. The van der Waals surface area contributed by atoms with Crippen LogP contribution in [0.25, 0.3) is 0 Å². The SMILES string of the molecule is CC(=O)c1nc([C@H]2OC(C)(C)O[C@@H]2[C@H]2COC(C)(C)O2)cn1Cc1ccccc1. The Morgan fingerprint density at radius 3 is 2.45 bits per heavy atom. The van der Waals surface area contributed by atoms with Gasteiger partial charge in [0.1, 0.15) is 18.3 Å². The monoisotopic (exact) mass is 400 g/mol. The lowest BCUT2D eigenvalue weighted by Gasteiger charge is -2.23. The first-order valence-electron chi connectivity index (χ1n) is 9.93. The number of nitrogens with zero attached hydrogens (tertiary/aromatic N) is 2. The van der Waals surface area contributed by atoms with Crippen molar-refractivity contribution in [1.82, 2.24) is 9.55 Å². The van der Waals surface area contributed by atoms with Crippen molar-refractivity contribution >= 4 is 5.78 Å². The van der Waals surface area contributed by atoms with Crippen LogP contribution in [0.1, 0.15) is 62.6 Å². The summed E-state index contributed by atoms with van der Waals surface area (Å²) < 4.78 is 26.0. The Hall–Kier alpha value is -2.06. The molecule has 0 bridgehead atoms. The van der Waals surface area contributed by atoms with Crippen LogP contribution in [0.5, 0.6) is 0 Å². The van der Waals surface area contributed by atoms with Crippen LogP contribution in [0.3, 0.4) is 0 Å². The van der Waals surface area contributed by atoms with E-state index >= 15 is 0 Å². The van der Waals surface area contributed by atoms with Gasteiger partial charge in [0.2, 0.25) is 0 Å². The molecule has 2 saturated heterocycles. The van der Waals surface area contributed by atoms with E-state index in [-0.39, 0.29) is 18.0 Å². The highest BCUT2D eigenvalue weighted by atomic mass is 16.8. The standard InChI is InChI=1S/C22H28N2O5/c1-14(25)20-23-16(12-24(20)11-15-9-7-6-8-10-15)18-19(29-22(4,5)28-18)17-13-26-21(2,3)27-17/h6-10,12,17-19H,11,13H2,1-5H3/t17-,18-,19-/m1/s1. The molecule has 7 heteroatoms. The molecule has 0 radical (unpaired) electrons. The Kier molecular flexibility index (Phi) is 5.11. The Bertz CT molecular complexity index is 890. The van der Waals surface area contributed by atoms with Crippen LogP contribution in [0.4, 0.5) is 0 Å². The molecule has 2 aliphatic rings. The fourth-order valence-corrected chi connectivity index (χ4v) is 3.92. The summed E-state index contributed by atoms with van der Waals surface area (Å²) in [5.74, 6) is -1.14. The maximum atomic E-state index is 12.2. The lowest BCUT2D eigenvalue weighted by molar-refractivity contribution is -0.174. The minimum atomic E-state index is -0.787. The summed E-state index contributed by atoms with van der Waals surface area (Å²) in [4.78, 5) is 16.9. The first kappa shape index (κ1) is 20.2. The van der Waals surface area contributed by atoms with Crippen LogP contribution in [0, 0.1) is 0 Å². The summed E-state index contributed by atoms with van der Waals surface area (Å²) in [7, 11) is 0. The number of rotatable bonds is 5. The van der Waals surface area contributed by atoms with E-state index in [2.05, 4.69) is 4.98 Å². The Morgan fingerprint density at radius 1 is 1.10 bits per heavy atom. The van der Waals surface area contributed by atoms with Crippen molar-refractivity contribution in [3.05, 3.63) is 53.6 Å². The second-order valence-electron chi connectivity index (χ2n) is 8.55. The Balaban J connectivity index is 1.65. The maximum absolute atomic E-state index is 12.2. The highest BCUT2D eigenvalue weighted by molar-refractivity contribution is 5.90. The number of carbonyl (C=O) groups is 1. The fraction of sp³-hybridized carbons (Fsp3) is 0.545. The molecule has 2 fully saturated rings. The number of benzene rings is 1. The quantitative estimate of drug-likeness (QED) is 0.716. The van der Waals surface area contributed by atoms with Gasteiger partial charge in [0.25, 0.3) is 0 Å². The van der Waals surface area contributed by atoms with E-state index in [0.717, 1.165) is 5.56 Å². The molecule has 1 aromatic heterocycles. The van der Waals surface area contributed by atoms with E-state index in [4.69, 9.17) is 18.9 Å². The molecule has 0 unspecified atom stereocenters. The molecule has 1 aromatic carbocycles. The maximum Gasteiger partial charge on any atom is 0.195 e. The van der Waals surface area contributed by atoms with Crippen LogP contribution in [0.2, 0.25) is 0 Å². The highest BCUT2D eigenvalue weighted by Gasteiger charge is 2.51. The molecule has 0 aliphatic carbocycles. The average molecular weight is 400 g/mol. The summed E-state index contributed by atoms with van der Waals surface area (Å²) in [6, 6.07) is 9.97. The largest absolute Gasteiger partial charge is 0.348 e. The first-order valence-corrected chi connectivity index (χ1v) is 9.93. The van der Waals surface area contributed by atoms with Gasteiger partial charge < -0.3 is 23.5 Å². The van der Waals surface area contributed by atoms with Gasteiger partial charge in [-0.2, -0.15) is 0 Å². The van der Waals surface area contributed by atoms with E-state index in [1.807, 2.05) is 68.8 Å². The molecular weight excluding hydrogens is 372 g/mol. The van der Waals surface area contributed by atoms with Crippen molar-refractivity contribution in [2.45, 2.75) is 71.0 Å². The molecule has 2 aromatic rings. The summed E-state index contributed by atoms with van der Waals surface area (Å²) in [5.41, 5.74) is 1.75. The summed E-state index contributed by atoms with van der Waals surface area (Å²) in [6.07, 6.45) is 0.763. The third-order valence-electron chi connectivity index (χ3n) is 5.12. The summed E-state index contributed by atoms with van der Waals surface area (Å²) >= 11 is 0. The molecule has 3 atom stereocenters. The smallest absolute Gasteiger partial charge is 0.195 e. The predicted octanol–water partition coefficient (Wildman–Crippen LogP) is 3.48. The van der Waals surface area contributed by atoms with E-state index in [1.54, 1.807) is 0 Å². The zero-order valence-corrected chi connectivity index (χ0v) is 17.5. The third-order valence-corrected chi connectivity index (χ3v) is 5.12. The van der Waals surface area contributed by atoms with E-state index in [1.165, 1.54) is 6.92 Å². The van der Waals surface area contributed by atoms with Crippen molar-refractivity contribution in [1.29, 1.82) is 0 Å². The fourth-order valence-electron chi connectivity index (χ4n) is 3.92. The zero-order valence-electron chi connectivity index (χ0n) is 17.5. The molecule has 0 saturated carbocycles. The average Bonchev–Trinajstić information content (AvgIpc) is 3.30. The highest BCUT2D eigenvalue weighted by Crippen LogP contribution is 2.42. The van der Waals surface area contributed by atoms with Gasteiger partial charge in [0.15, 0.2) is 23.2 Å². The molecule has 0 N–H and O–H groups in total. The molecule has 7 nitrogen and oxygen atoms in total. The molecule has 29 heavy (non-hydrogen) atoms. The predicted molar refractivity (Wildman–Crippen MR) is 105 cm³/mol. The number of imidazole rings is 1. The van der Waals surface area contributed by atoms with Gasteiger partial charge in [-0.05, 0) is 33.3 Å². The summed E-state index contributed by atoms with van der Waals surface area (Å²) in [5, 5.41) is 0.